The number of thiophene rings is 1. The van der Waals surface area contributed by atoms with E-state index in [2.05, 4.69) is 60.1 Å². The van der Waals surface area contributed by atoms with Gasteiger partial charge in [0.15, 0.2) is 5.96 Å². The Kier molecular flexibility index (Phi) is 10.9. The minimum absolute atomic E-state index is 0. The fraction of sp³-hybridized carbons (Fsp3) is 0.579. The van der Waals surface area contributed by atoms with Gasteiger partial charge >= 0.3 is 0 Å². The third-order valence-electron chi connectivity index (χ3n) is 4.02. The van der Waals surface area contributed by atoms with E-state index in [4.69, 9.17) is 4.42 Å². The molecule has 8 heteroatoms. The number of hydrogen-bond donors (Lipinski definition) is 2. The van der Waals surface area contributed by atoms with Gasteiger partial charge in [0, 0.05) is 31.7 Å². The third kappa shape index (κ3) is 7.79. The molecule has 0 aliphatic heterocycles. The van der Waals surface area contributed by atoms with Gasteiger partial charge in [-0.15, -0.1) is 35.3 Å². The summed E-state index contributed by atoms with van der Waals surface area (Å²) in [5.41, 5.74) is 0.830. The predicted octanol–water partition coefficient (Wildman–Crippen LogP) is 4.20. The zero-order chi connectivity index (χ0) is 18.9. The Labute approximate surface area is 183 Å². The number of hydrogen-bond acceptors (Lipinski definition) is 5. The highest BCUT2D eigenvalue weighted by atomic mass is 127. The topological polar surface area (TPSA) is 65.7 Å². The van der Waals surface area contributed by atoms with Gasteiger partial charge in [0.2, 0.25) is 5.89 Å². The largest absolute Gasteiger partial charge is 0.443 e. The molecule has 0 amide bonds. The van der Waals surface area contributed by atoms with Gasteiger partial charge in [0.25, 0.3) is 0 Å². The monoisotopic (exact) mass is 505 g/mol. The maximum Gasteiger partial charge on any atom is 0.236 e. The number of aliphatic imine (C=N–C) groups is 1. The molecule has 0 bridgehead atoms. The Morgan fingerprint density at radius 1 is 1.26 bits per heavy atom. The Balaban J connectivity index is 0.00000364. The lowest BCUT2D eigenvalue weighted by atomic mass is 10.2. The summed E-state index contributed by atoms with van der Waals surface area (Å²) in [7, 11) is 0. The first-order valence-electron chi connectivity index (χ1n) is 9.27. The van der Waals surface area contributed by atoms with Crippen molar-refractivity contribution in [3.63, 3.8) is 0 Å². The standard InChI is InChI=1S/C19H31N5OS.HI/c1-6-20-19(21-9-10-24(14(2)3)15(4)5)22-12-16-13-25-18(23-16)17-8-7-11-26-17;/h7-8,11,13-15H,6,9-10,12H2,1-5H3,(H2,20,21,22);1H. The van der Waals surface area contributed by atoms with Crippen LogP contribution in [0.5, 0.6) is 0 Å². The first kappa shape index (κ1) is 23.9. The van der Waals surface area contributed by atoms with Gasteiger partial charge in [0.1, 0.15) is 12.0 Å². The maximum absolute atomic E-state index is 5.55. The predicted molar refractivity (Wildman–Crippen MR) is 125 cm³/mol. The lowest BCUT2D eigenvalue weighted by Crippen LogP contribution is -2.45. The number of rotatable bonds is 9. The van der Waals surface area contributed by atoms with Crippen LogP contribution in [-0.4, -0.2) is 47.6 Å². The molecule has 0 aromatic carbocycles. The summed E-state index contributed by atoms with van der Waals surface area (Å²) >= 11 is 1.62. The third-order valence-corrected chi connectivity index (χ3v) is 4.87. The fourth-order valence-corrected chi connectivity index (χ4v) is 3.47. The molecule has 2 N–H and O–H groups in total. The maximum atomic E-state index is 5.55. The van der Waals surface area contributed by atoms with Crippen LogP contribution in [0.15, 0.2) is 33.2 Å². The summed E-state index contributed by atoms with van der Waals surface area (Å²) in [5, 5.41) is 8.71. The van der Waals surface area contributed by atoms with E-state index < -0.39 is 0 Å². The highest BCUT2D eigenvalue weighted by Gasteiger charge is 2.13. The molecular weight excluding hydrogens is 473 g/mol. The Morgan fingerprint density at radius 2 is 2.00 bits per heavy atom. The highest BCUT2D eigenvalue weighted by Crippen LogP contribution is 2.23. The molecule has 0 unspecified atom stereocenters. The van der Waals surface area contributed by atoms with Crippen molar-refractivity contribution in [2.75, 3.05) is 19.6 Å². The fourth-order valence-electron chi connectivity index (χ4n) is 2.81. The van der Waals surface area contributed by atoms with Crippen LogP contribution in [-0.2, 0) is 6.54 Å². The second-order valence-electron chi connectivity index (χ2n) is 6.67. The van der Waals surface area contributed by atoms with E-state index in [1.54, 1.807) is 17.6 Å². The summed E-state index contributed by atoms with van der Waals surface area (Å²) in [4.78, 5) is 12.6. The molecule has 2 aromatic heterocycles. The van der Waals surface area contributed by atoms with E-state index in [1.807, 2.05) is 17.5 Å². The number of nitrogens with one attached hydrogen (secondary N) is 2. The van der Waals surface area contributed by atoms with Gasteiger partial charge in [-0.05, 0) is 46.1 Å². The molecule has 2 aromatic rings. The molecule has 6 nitrogen and oxygen atoms in total. The van der Waals surface area contributed by atoms with E-state index in [9.17, 15) is 0 Å². The van der Waals surface area contributed by atoms with E-state index in [-0.39, 0.29) is 24.0 Å². The van der Waals surface area contributed by atoms with Gasteiger partial charge in [-0.25, -0.2) is 9.98 Å². The first-order chi connectivity index (χ1) is 12.5. The van der Waals surface area contributed by atoms with Crippen molar-refractivity contribution in [2.24, 2.45) is 4.99 Å². The Morgan fingerprint density at radius 3 is 2.59 bits per heavy atom. The van der Waals surface area contributed by atoms with E-state index in [0.29, 0.717) is 24.5 Å². The number of aromatic nitrogens is 1. The molecule has 2 heterocycles. The minimum atomic E-state index is 0. The van der Waals surface area contributed by atoms with Crippen molar-refractivity contribution >= 4 is 41.3 Å². The number of oxazole rings is 1. The van der Waals surface area contributed by atoms with E-state index in [1.165, 1.54) is 0 Å². The lowest BCUT2D eigenvalue weighted by molar-refractivity contribution is 0.178. The van der Waals surface area contributed by atoms with Crippen LogP contribution < -0.4 is 10.6 Å². The average Bonchev–Trinajstić information content (AvgIpc) is 3.26. The molecular formula is C19H32IN5OS. The second-order valence-corrected chi connectivity index (χ2v) is 7.62. The number of guanidine groups is 1. The van der Waals surface area contributed by atoms with Crippen molar-refractivity contribution in [2.45, 2.75) is 53.2 Å². The van der Waals surface area contributed by atoms with Gasteiger partial charge < -0.3 is 15.1 Å². The van der Waals surface area contributed by atoms with Crippen LogP contribution in [0.2, 0.25) is 0 Å². The van der Waals surface area contributed by atoms with Crippen LogP contribution in [0.1, 0.15) is 40.3 Å². The van der Waals surface area contributed by atoms with E-state index in [0.717, 1.165) is 36.2 Å². The molecule has 0 saturated carbocycles. The molecule has 0 aliphatic carbocycles. The minimum Gasteiger partial charge on any atom is -0.443 e. The van der Waals surface area contributed by atoms with Crippen LogP contribution in [0, 0.1) is 0 Å². The smallest absolute Gasteiger partial charge is 0.236 e. The summed E-state index contributed by atoms with van der Waals surface area (Å²) in [5.74, 6) is 1.47. The van der Waals surface area contributed by atoms with Crippen molar-refractivity contribution < 1.29 is 4.42 Å². The summed E-state index contributed by atoms with van der Waals surface area (Å²) in [6.07, 6.45) is 1.68. The molecule has 0 spiro atoms. The second kappa shape index (κ2) is 12.4. The summed E-state index contributed by atoms with van der Waals surface area (Å²) in [6, 6.07) is 5.06. The normalized spacial score (nSPS) is 11.9. The molecule has 152 valence electrons. The van der Waals surface area contributed by atoms with E-state index >= 15 is 0 Å². The molecule has 0 fully saturated rings. The average molecular weight is 505 g/mol. The summed E-state index contributed by atoms with van der Waals surface area (Å²) < 4.78 is 5.55. The molecule has 0 atom stereocenters. The Hall–Kier alpha value is -1.13. The Bertz CT molecular complexity index is 661. The molecule has 0 aliphatic rings. The van der Waals surface area contributed by atoms with Crippen molar-refractivity contribution in [3.05, 3.63) is 29.5 Å². The molecule has 27 heavy (non-hydrogen) atoms. The zero-order valence-corrected chi connectivity index (χ0v) is 20.0. The lowest BCUT2D eigenvalue weighted by Gasteiger charge is -2.30. The summed E-state index contributed by atoms with van der Waals surface area (Å²) in [6.45, 7) is 14.1. The van der Waals surface area contributed by atoms with Gasteiger partial charge in [0.05, 0.1) is 11.4 Å². The van der Waals surface area contributed by atoms with Crippen molar-refractivity contribution in [1.82, 2.24) is 20.5 Å². The van der Waals surface area contributed by atoms with Gasteiger partial charge in [-0.3, -0.25) is 4.90 Å². The van der Waals surface area contributed by atoms with Crippen LogP contribution in [0.4, 0.5) is 0 Å². The first-order valence-corrected chi connectivity index (χ1v) is 10.2. The van der Waals surface area contributed by atoms with Gasteiger partial charge in [-0.1, -0.05) is 6.07 Å². The SMILES string of the molecule is CCNC(=NCc1coc(-c2cccs2)n1)NCCN(C(C)C)C(C)C.I. The van der Waals surface area contributed by atoms with Crippen LogP contribution >= 0.6 is 35.3 Å². The quantitative estimate of drug-likeness (QED) is 0.304. The molecule has 0 saturated heterocycles. The molecule has 2 rings (SSSR count). The zero-order valence-electron chi connectivity index (χ0n) is 16.9. The number of nitrogens with zero attached hydrogens (tertiary/aromatic N) is 3. The van der Waals surface area contributed by atoms with Crippen molar-refractivity contribution in [1.29, 1.82) is 0 Å². The van der Waals surface area contributed by atoms with Gasteiger partial charge in [-0.2, -0.15) is 0 Å². The molecule has 0 radical (unpaired) electrons. The highest BCUT2D eigenvalue weighted by molar-refractivity contribution is 14.0. The number of halogens is 1. The van der Waals surface area contributed by atoms with Crippen LogP contribution in [0.25, 0.3) is 10.8 Å². The van der Waals surface area contributed by atoms with Crippen LogP contribution in [0.3, 0.4) is 0 Å². The van der Waals surface area contributed by atoms with Crippen molar-refractivity contribution in [3.8, 4) is 10.8 Å².